The molecule has 1 N–H and O–H groups in total. The van der Waals surface area contributed by atoms with Crippen molar-refractivity contribution in [2.24, 2.45) is 0 Å². The molecule has 0 aromatic heterocycles. The standard InChI is InChI=1S/C28H31FN2O7S/c1-5-6-15-38-28(33)19-11-13-21(14-12-19)30-27(32)22-16-25(36-2)26(37-3)17-24(22)31(39(4,34)35)18-20-9-7-8-10-23(20)29/h7-14,16-17H,5-6,15,18H2,1-4H3,(H,30,32). The summed E-state index contributed by atoms with van der Waals surface area (Å²) in [5.74, 6) is -1.36. The molecular formula is C28H31FN2O7S. The van der Waals surface area contributed by atoms with Crippen LogP contribution in [0.15, 0.2) is 60.7 Å². The fraction of sp³-hybridized carbons (Fsp3) is 0.286. The quantitative estimate of drug-likeness (QED) is 0.246. The Labute approximate surface area is 227 Å². The van der Waals surface area contributed by atoms with Crippen molar-refractivity contribution in [3.63, 3.8) is 0 Å². The molecule has 0 aliphatic rings. The summed E-state index contributed by atoms with van der Waals surface area (Å²) in [7, 11) is -1.24. The van der Waals surface area contributed by atoms with E-state index < -0.39 is 27.7 Å². The van der Waals surface area contributed by atoms with Gasteiger partial charge in [0, 0.05) is 17.3 Å². The van der Waals surface area contributed by atoms with E-state index in [2.05, 4.69) is 5.32 Å². The van der Waals surface area contributed by atoms with Crippen LogP contribution in [-0.4, -0.2) is 47.4 Å². The van der Waals surface area contributed by atoms with Crippen LogP contribution in [-0.2, 0) is 21.3 Å². The van der Waals surface area contributed by atoms with E-state index in [1.54, 1.807) is 6.07 Å². The molecule has 0 aliphatic carbocycles. The number of amides is 1. The van der Waals surface area contributed by atoms with Gasteiger partial charge in [-0.1, -0.05) is 31.5 Å². The summed E-state index contributed by atoms with van der Waals surface area (Å²) >= 11 is 0. The number of ether oxygens (including phenoxy) is 3. The Bertz CT molecular complexity index is 1430. The number of hydrogen-bond acceptors (Lipinski definition) is 7. The Kier molecular flexibility index (Phi) is 9.89. The third-order valence-corrected chi connectivity index (χ3v) is 6.92. The number of rotatable bonds is 12. The van der Waals surface area contributed by atoms with E-state index in [1.807, 2.05) is 6.92 Å². The molecule has 1 amide bonds. The number of benzene rings is 3. The number of carbonyl (C=O) groups excluding carboxylic acids is 2. The minimum absolute atomic E-state index is 0.0352. The van der Waals surface area contributed by atoms with Gasteiger partial charge in [-0.3, -0.25) is 9.10 Å². The van der Waals surface area contributed by atoms with Crippen LogP contribution in [0.3, 0.4) is 0 Å². The largest absolute Gasteiger partial charge is 0.493 e. The van der Waals surface area contributed by atoms with Crippen LogP contribution in [0.25, 0.3) is 0 Å². The van der Waals surface area contributed by atoms with E-state index in [-0.39, 0.29) is 34.9 Å². The van der Waals surface area contributed by atoms with Crippen molar-refractivity contribution in [1.29, 1.82) is 0 Å². The second-order valence-corrected chi connectivity index (χ2v) is 10.5. The van der Waals surface area contributed by atoms with Crippen LogP contribution in [0.2, 0.25) is 0 Å². The third-order valence-electron chi connectivity index (χ3n) is 5.80. The number of anilines is 2. The highest BCUT2D eigenvalue weighted by molar-refractivity contribution is 7.92. The average molecular weight is 559 g/mol. The van der Waals surface area contributed by atoms with E-state index in [9.17, 15) is 22.4 Å². The Hall–Kier alpha value is -4.12. The molecular weight excluding hydrogens is 527 g/mol. The van der Waals surface area contributed by atoms with E-state index in [0.29, 0.717) is 17.9 Å². The average Bonchev–Trinajstić information content (AvgIpc) is 2.91. The molecule has 0 fully saturated rings. The molecule has 3 aromatic carbocycles. The maximum atomic E-state index is 14.5. The van der Waals surface area contributed by atoms with Crippen molar-refractivity contribution >= 4 is 33.3 Å². The maximum Gasteiger partial charge on any atom is 0.338 e. The lowest BCUT2D eigenvalue weighted by Gasteiger charge is -2.26. The van der Waals surface area contributed by atoms with Crippen molar-refractivity contribution < 1.29 is 36.6 Å². The van der Waals surface area contributed by atoms with Gasteiger partial charge >= 0.3 is 5.97 Å². The lowest BCUT2D eigenvalue weighted by atomic mass is 10.1. The molecule has 0 spiro atoms. The predicted octanol–water partition coefficient (Wildman–Crippen LogP) is 5.02. The van der Waals surface area contributed by atoms with Gasteiger partial charge in [0.1, 0.15) is 5.82 Å². The van der Waals surface area contributed by atoms with Gasteiger partial charge in [-0.05, 0) is 42.8 Å². The van der Waals surface area contributed by atoms with Crippen LogP contribution in [0.4, 0.5) is 15.8 Å². The highest BCUT2D eigenvalue weighted by atomic mass is 32.2. The summed E-state index contributed by atoms with van der Waals surface area (Å²) in [5, 5.41) is 2.70. The zero-order valence-corrected chi connectivity index (χ0v) is 23.0. The number of unbranched alkanes of at least 4 members (excludes halogenated alkanes) is 1. The Morgan fingerprint density at radius 1 is 0.974 bits per heavy atom. The number of methoxy groups -OCH3 is 2. The fourth-order valence-electron chi connectivity index (χ4n) is 3.70. The first-order valence-electron chi connectivity index (χ1n) is 12.1. The zero-order valence-electron chi connectivity index (χ0n) is 22.2. The van der Waals surface area contributed by atoms with Gasteiger partial charge in [-0.25, -0.2) is 17.6 Å². The zero-order chi connectivity index (χ0) is 28.6. The smallest absolute Gasteiger partial charge is 0.338 e. The molecule has 0 saturated carbocycles. The van der Waals surface area contributed by atoms with Gasteiger partial charge in [-0.15, -0.1) is 0 Å². The Balaban J connectivity index is 1.99. The molecule has 0 heterocycles. The molecule has 11 heteroatoms. The minimum Gasteiger partial charge on any atom is -0.493 e. The fourth-order valence-corrected chi connectivity index (χ4v) is 4.58. The summed E-state index contributed by atoms with van der Waals surface area (Å²) in [5.41, 5.74) is 0.699. The molecule has 3 rings (SSSR count). The number of carbonyl (C=O) groups is 2. The Morgan fingerprint density at radius 2 is 1.62 bits per heavy atom. The first-order chi connectivity index (χ1) is 18.6. The normalized spacial score (nSPS) is 11.0. The molecule has 0 saturated heterocycles. The molecule has 3 aromatic rings. The summed E-state index contributed by atoms with van der Waals surface area (Å²) < 4.78 is 57.0. The number of nitrogens with one attached hydrogen (secondary N) is 1. The lowest BCUT2D eigenvalue weighted by molar-refractivity contribution is 0.0499. The van der Waals surface area contributed by atoms with Crippen LogP contribution in [0, 0.1) is 5.82 Å². The number of halogens is 1. The van der Waals surface area contributed by atoms with Crippen molar-refractivity contribution in [2.75, 3.05) is 36.7 Å². The van der Waals surface area contributed by atoms with Crippen LogP contribution >= 0.6 is 0 Å². The maximum absolute atomic E-state index is 14.5. The summed E-state index contributed by atoms with van der Waals surface area (Å²) in [6.45, 7) is 1.94. The second-order valence-electron chi connectivity index (χ2n) is 8.61. The van der Waals surface area contributed by atoms with Crippen LogP contribution < -0.4 is 19.1 Å². The Morgan fingerprint density at radius 3 is 2.21 bits per heavy atom. The monoisotopic (exact) mass is 558 g/mol. The summed E-state index contributed by atoms with van der Waals surface area (Å²) in [6.07, 6.45) is 2.62. The molecule has 208 valence electrons. The topological polar surface area (TPSA) is 111 Å². The second kappa shape index (κ2) is 13.1. The summed E-state index contributed by atoms with van der Waals surface area (Å²) in [6, 6.07) is 14.6. The van der Waals surface area contributed by atoms with Crippen LogP contribution in [0.5, 0.6) is 11.5 Å². The van der Waals surface area contributed by atoms with E-state index in [1.165, 1.54) is 68.8 Å². The minimum atomic E-state index is -3.99. The lowest BCUT2D eigenvalue weighted by Crippen LogP contribution is -2.32. The van der Waals surface area contributed by atoms with Gasteiger partial charge in [0.15, 0.2) is 11.5 Å². The van der Waals surface area contributed by atoms with Gasteiger partial charge in [0.05, 0.1) is 50.4 Å². The third kappa shape index (κ3) is 7.47. The molecule has 0 radical (unpaired) electrons. The van der Waals surface area contributed by atoms with Gasteiger partial charge in [0.2, 0.25) is 10.0 Å². The van der Waals surface area contributed by atoms with Gasteiger partial charge in [0.25, 0.3) is 5.91 Å². The molecule has 0 aliphatic heterocycles. The first kappa shape index (κ1) is 29.4. The van der Waals surface area contributed by atoms with E-state index in [0.717, 1.165) is 23.4 Å². The molecule has 9 nitrogen and oxygen atoms in total. The highest BCUT2D eigenvalue weighted by Crippen LogP contribution is 2.37. The predicted molar refractivity (Wildman–Crippen MR) is 147 cm³/mol. The molecule has 0 unspecified atom stereocenters. The van der Waals surface area contributed by atoms with Gasteiger partial charge in [-0.2, -0.15) is 0 Å². The molecule has 0 atom stereocenters. The SMILES string of the molecule is CCCCOC(=O)c1ccc(NC(=O)c2cc(OC)c(OC)cc2N(Cc2ccccc2F)S(C)(=O)=O)cc1. The number of esters is 1. The van der Waals surface area contributed by atoms with Crippen molar-refractivity contribution in [3.8, 4) is 11.5 Å². The van der Waals surface area contributed by atoms with Crippen molar-refractivity contribution in [2.45, 2.75) is 26.3 Å². The van der Waals surface area contributed by atoms with Crippen molar-refractivity contribution in [3.05, 3.63) is 83.2 Å². The number of hydrogen-bond donors (Lipinski definition) is 1. The highest BCUT2D eigenvalue weighted by Gasteiger charge is 2.27. The van der Waals surface area contributed by atoms with Crippen LogP contribution in [0.1, 0.15) is 46.0 Å². The summed E-state index contributed by atoms with van der Waals surface area (Å²) in [4.78, 5) is 25.6. The van der Waals surface area contributed by atoms with Gasteiger partial charge < -0.3 is 19.5 Å². The van der Waals surface area contributed by atoms with Crippen molar-refractivity contribution in [1.82, 2.24) is 0 Å². The van der Waals surface area contributed by atoms with E-state index in [4.69, 9.17) is 14.2 Å². The first-order valence-corrected chi connectivity index (χ1v) is 14.0. The van der Waals surface area contributed by atoms with E-state index >= 15 is 0 Å². The number of nitrogens with zero attached hydrogens (tertiary/aromatic N) is 1. The molecule has 0 bridgehead atoms. The molecule has 39 heavy (non-hydrogen) atoms. The number of sulfonamides is 1.